The van der Waals surface area contributed by atoms with Crippen molar-refractivity contribution in [1.29, 1.82) is 0 Å². The van der Waals surface area contributed by atoms with Crippen molar-refractivity contribution >= 4 is 97.9 Å². The lowest BCUT2D eigenvalue weighted by Gasteiger charge is -2.13. The summed E-state index contributed by atoms with van der Waals surface area (Å²) in [7, 11) is 0. The van der Waals surface area contributed by atoms with Crippen LogP contribution in [-0.2, 0) is 0 Å². The van der Waals surface area contributed by atoms with Crippen LogP contribution in [0.3, 0.4) is 0 Å². The third-order valence-electron chi connectivity index (χ3n) is 13.2. The Labute approximate surface area is 360 Å². The van der Waals surface area contributed by atoms with Crippen LogP contribution in [0, 0.1) is 0 Å². The van der Waals surface area contributed by atoms with E-state index in [1.165, 1.54) is 65.0 Å². The fourth-order valence-electron chi connectivity index (χ4n) is 10.5. The van der Waals surface area contributed by atoms with Gasteiger partial charge in [-0.05, 0) is 82.2 Å². The highest BCUT2D eigenvalue weighted by molar-refractivity contribution is 6.23. The van der Waals surface area contributed by atoms with Crippen LogP contribution in [0.2, 0.25) is 0 Å². The zero-order valence-corrected chi connectivity index (χ0v) is 33.9. The van der Waals surface area contributed by atoms with Crippen LogP contribution in [0.1, 0.15) is 0 Å². The van der Waals surface area contributed by atoms with Gasteiger partial charge in [0, 0.05) is 54.6 Å². The zero-order chi connectivity index (χ0) is 41.2. The van der Waals surface area contributed by atoms with Crippen molar-refractivity contribution in [2.24, 2.45) is 0 Å². The normalized spacial score (nSPS) is 12.1. The molecule has 14 rings (SSSR count). The van der Waals surface area contributed by atoms with Crippen molar-refractivity contribution in [3.63, 3.8) is 0 Å². The van der Waals surface area contributed by atoms with Crippen LogP contribution in [0.4, 0.5) is 0 Å². The Morgan fingerprint density at radius 1 is 0.286 bits per heavy atom. The van der Waals surface area contributed by atoms with Gasteiger partial charge in [0.1, 0.15) is 0 Å². The minimum atomic E-state index is 0.632. The maximum Gasteiger partial charge on any atom is 0.235 e. The van der Waals surface area contributed by atoms with Crippen LogP contribution >= 0.6 is 0 Å². The standard InChI is InChI=1S/C58H35N5/c1-2-16-39(17-3-1)61-49-24-12-9-20-43(49)44-30-26-38(34-53(44)61)57-45-21-8-11-23-48(45)59-58(60-57)63-52-33-28-37-15-5-7-19-42(37)56(52)47-31-29-40(35-54(47)63)62-50-25-13-10-22-46(50)55-41-18-6-4-14-36(41)27-32-51(55)62/h1-35H. The van der Waals surface area contributed by atoms with E-state index in [0.29, 0.717) is 5.95 Å². The average Bonchev–Trinajstić information content (AvgIpc) is 3.99. The molecule has 5 nitrogen and oxygen atoms in total. The molecule has 0 amide bonds. The van der Waals surface area contributed by atoms with Gasteiger partial charge in [0.05, 0.1) is 44.3 Å². The molecule has 0 atom stereocenters. The van der Waals surface area contributed by atoms with Gasteiger partial charge in [-0.2, -0.15) is 0 Å². The van der Waals surface area contributed by atoms with Crippen molar-refractivity contribution in [3.8, 4) is 28.6 Å². The molecule has 0 aliphatic rings. The van der Waals surface area contributed by atoms with Crippen LogP contribution in [0.15, 0.2) is 212 Å². The predicted molar refractivity (Wildman–Crippen MR) is 263 cm³/mol. The highest BCUT2D eigenvalue weighted by Gasteiger charge is 2.22. The first-order valence-corrected chi connectivity index (χ1v) is 21.5. The maximum atomic E-state index is 5.62. The van der Waals surface area contributed by atoms with Crippen LogP contribution < -0.4 is 0 Å². The average molecular weight is 802 g/mol. The summed E-state index contributed by atoms with van der Waals surface area (Å²) in [6.45, 7) is 0. The number of benzene rings is 10. The van der Waals surface area contributed by atoms with Gasteiger partial charge in [0.25, 0.3) is 0 Å². The lowest BCUT2D eigenvalue weighted by atomic mass is 10.0. The van der Waals surface area contributed by atoms with Gasteiger partial charge in [0.2, 0.25) is 5.95 Å². The van der Waals surface area contributed by atoms with Crippen LogP contribution in [0.25, 0.3) is 126 Å². The molecule has 0 fully saturated rings. The first kappa shape index (κ1) is 34.2. The van der Waals surface area contributed by atoms with Crippen molar-refractivity contribution in [3.05, 3.63) is 212 Å². The summed E-state index contributed by atoms with van der Waals surface area (Å²) in [5.74, 6) is 0.632. The van der Waals surface area contributed by atoms with Gasteiger partial charge in [-0.15, -0.1) is 0 Å². The molecule has 0 saturated heterocycles. The zero-order valence-electron chi connectivity index (χ0n) is 33.9. The number of hydrogen-bond donors (Lipinski definition) is 0. The second-order valence-corrected chi connectivity index (χ2v) is 16.6. The quantitative estimate of drug-likeness (QED) is 0.178. The largest absolute Gasteiger partial charge is 0.309 e. The SMILES string of the molecule is c1ccc(-n2c3ccccc3c3ccc(-c4nc(-n5c6cc(-n7c8ccccc8c8c9ccccc9ccc87)ccc6c6c7ccccc7ccc65)nc5ccccc45)cc32)cc1. The van der Waals surface area contributed by atoms with Gasteiger partial charge in [-0.3, -0.25) is 4.57 Å². The van der Waals surface area contributed by atoms with Gasteiger partial charge >= 0.3 is 0 Å². The Balaban J connectivity index is 1.07. The second kappa shape index (κ2) is 13.0. The number of nitrogens with zero attached hydrogens (tertiary/aromatic N) is 5. The summed E-state index contributed by atoms with van der Waals surface area (Å²) in [5, 5.41) is 13.2. The number of para-hydroxylation sites is 4. The van der Waals surface area contributed by atoms with Gasteiger partial charge in [-0.1, -0.05) is 152 Å². The van der Waals surface area contributed by atoms with E-state index in [1.54, 1.807) is 0 Å². The minimum Gasteiger partial charge on any atom is -0.309 e. The highest BCUT2D eigenvalue weighted by atomic mass is 15.2. The van der Waals surface area contributed by atoms with Crippen molar-refractivity contribution in [2.75, 3.05) is 0 Å². The number of hydrogen-bond acceptors (Lipinski definition) is 2. The Hall–Kier alpha value is -8.54. The summed E-state index contributed by atoms with van der Waals surface area (Å²) in [6, 6.07) is 76.6. The molecular formula is C58H35N5. The van der Waals surface area contributed by atoms with Crippen molar-refractivity contribution in [1.82, 2.24) is 23.7 Å². The molecule has 4 heterocycles. The number of fused-ring (bicyclic) bond motifs is 14. The van der Waals surface area contributed by atoms with E-state index in [4.69, 9.17) is 9.97 Å². The maximum absolute atomic E-state index is 5.62. The van der Waals surface area contributed by atoms with E-state index >= 15 is 0 Å². The molecule has 292 valence electrons. The summed E-state index contributed by atoms with van der Waals surface area (Å²) in [4.78, 5) is 11.0. The Morgan fingerprint density at radius 3 is 1.56 bits per heavy atom. The third kappa shape index (κ3) is 4.87. The molecule has 0 radical (unpaired) electrons. The first-order valence-electron chi connectivity index (χ1n) is 21.5. The molecule has 0 N–H and O–H groups in total. The lowest BCUT2D eigenvalue weighted by molar-refractivity contribution is 1.01. The van der Waals surface area contributed by atoms with E-state index in [9.17, 15) is 0 Å². The lowest BCUT2D eigenvalue weighted by Crippen LogP contribution is -2.04. The molecule has 0 bridgehead atoms. The van der Waals surface area contributed by atoms with Gasteiger partial charge in [0.15, 0.2) is 0 Å². The van der Waals surface area contributed by atoms with Crippen molar-refractivity contribution in [2.45, 2.75) is 0 Å². The molecule has 0 aliphatic carbocycles. The van der Waals surface area contributed by atoms with Crippen LogP contribution in [-0.4, -0.2) is 23.7 Å². The third-order valence-corrected chi connectivity index (χ3v) is 13.2. The fraction of sp³-hybridized carbons (Fsp3) is 0. The van der Waals surface area contributed by atoms with E-state index in [-0.39, 0.29) is 0 Å². The minimum absolute atomic E-state index is 0.632. The molecule has 0 unspecified atom stereocenters. The van der Waals surface area contributed by atoms with Gasteiger partial charge in [-0.25, -0.2) is 9.97 Å². The monoisotopic (exact) mass is 801 g/mol. The molecule has 63 heavy (non-hydrogen) atoms. The Bertz CT molecular complexity index is 4210. The van der Waals surface area contributed by atoms with E-state index < -0.39 is 0 Å². The molecule has 0 aliphatic heterocycles. The summed E-state index contributed by atoms with van der Waals surface area (Å²) in [5.41, 5.74) is 11.8. The first-order chi connectivity index (χ1) is 31.3. The Morgan fingerprint density at radius 2 is 0.810 bits per heavy atom. The number of aromatic nitrogens is 5. The number of rotatable bonds is 4. The summed E-state index contributed by atoms with van der Waals surface area (Å²) in [6.07, 6.45) is 0. The van der Waals surface area contributed by atoms with E-state index in [1.807, 2.05) is 0 Å². The predicted octanol–water partition coefficient (Wildman–Crippen LogP) is 14.9. The smallest absolute Gasteiger partial charge is 0.235 e. The molecule has 5 heteroatoms. The summed E-state index contributed by atoms with van der Waals surface area (Å²) >= 11 is 0. The van der Waals surface area contributed by atoms with E-state index in [0.717, 1.165) is 55.5 Å². The topological polar surface area (TPSA) is 40.6 Å². The van der Waals surface area contributed by atoms with E-state index in [2.05, 4.69) is 226 Å². The highest BCUT2D eigenvalue weighted by Crippen LogP contribution is 2.42. The molecule has 10 aromatic carbocycles. The molecule has 4 aromatic heterocycles. The molecule has 0 spiro atoms. The van der Waals surface area contributed by atoms with Gasteiger partial charge < -0.3 is 9.13 Å². The van der Waals surface area contributed by atoms with Crippen molar-refractivity contribution < 1.29 is 0 Å². The fourth-order valence-corrected chi connectivity index (χ4v) is 10.5. The molecule has 14 aromatic rings. The van der Waals surface area contributed by atoms with Crippen LogP contribution in [0.5, 0.6) is 0 Å². The second-order valence-electron chi connectivity index (χ2n) is 16.6. The Kier molecular flexibility index (Phi) is 7.05. The molecule has 0 saturated carbocycles. The molecular weight excluding hydrogens is 767 g/mol. The summed E-state index contributed by atoms with van der Waals surface area (Å²) < 4.78 is 7.08.